The summed E-state index contributed by atoms with van der Waals surface area (Å²) in [5.41, 5.74) is 0.827. The first-order chi connectivity index (χ1) is 10.6. The summed E-state index contributed by atoms with van der Waals surface area (Å²) < 4.78 is 6.10. The zero-order chi connectivity index (χ0) is 15.4. The van der Waals surface area contributed by atoms with Gasteiger partial charge in [0.15, 0.2) is 5.96 Å². The molecule has 2 saturated heterocycles. The van der Waals surface area contributed by atoms with E-state index in [1.165, 1.54) is 38.5 Å². The van der Waals surface area contributed by atoms with Crippen LogP contribution in [-0.2, 0) is 4.74 Å². The Bertz CT molecular complexity index is 473. The molecule has 4 fully saturated rings. The number of nitrogens with one attached hydrogen (secondary N) is 1. The molecule has 2 aliphatic carbocycles. The first kappa shape index (κ1) is 17.8. The average Bonchev–Trinajstić information content (AvgIpc) is 3.18. The van der Waals surface area contributed by atoms with E-state index in [0.29, 0.717) is 28.9 Å². The predicted octanol–water partition coefficient (Wildman–Crippen LogP) is 3.26. The van der Waals surface area contributed by atoms with Gasteiger partial charge in [-0.2, -0.15) is 0 Å². The highest BCUT2D eigenvalue weighted by Gasteiger charge is 2.65. The van der Waals surface area contributed by atoms with Crippen molar-refractivity contribution in [3.8, 4) is 0 Å². The number of halogens is 1. The van der Waals surface area contributed by atoms with E-state index in [1.807, 2.05) is 7.05 Å². The van der Waals surface area contributed by atoms with E-state index in [1.54, 1.807) is 0 Å². The molecule has 2 saturated carbocycles. The minimum Gasteiger partial charge on any atom is -0.377 e. The summed E-state index contributed by atoms with van der Waals surface area (Å²) in [4.78, 5) is 7.08. The minimum absolute atomic E-state index is 0. The largest absolute Gasteiger partial charge is 0.377 e. The van der Waals surface area contributed by atoms with Crippen LogP contribution in [0.1, 0.15) is 52.4 Å². The van der Waals surface area contributed by atoms with Crippen LogP contribution in [0, 0.1) is 16.7 Å². The molecule has 4 aliphatic rings. The van der Waals surface area contributed by atoms with Gasteiger partial charge in [0.05, 0.1) is 6.10 Å². The van der Waals surface area contributed by atoms with Gasteiger partial charge in [-0.05, 0) is 31.1 Å². The first-order valence-corrected chi connectivity index (χ1v) is 9.16. The lowest BCUT2D eigenvalue weighted by Crippen LogP contribution is -2.69. The highest BCUT2D eigenvalue weighted by molar-refractivity contribution is 14.0. The summed E-state index contributed by atoms with van der Waals surface area (Å²) in [6, 6.07) is 0.588. The third-order valence-electron chi connectivity index (χ3n) is 6.76. The molecule has 1 N–H and O–H groups in total. The summed E-state index contributed by atoms with van der Waals surface area (Å²) in [6.45, 7) is 7.95. The van der Waals surface area contributed by atoms with Crippen molar-refractivity contribution in [1.29, 1.82) is 0 Å². The van der Waals surface area contributed by atoms with Crippen LogP contribution in [0.2, 0.25) is 0 Å². The van der Waals surface area contributed by atoms with Crippen LogP contribution in [0.3, 0.4) is 0 Å². The summed E-state index contributed by atoms with van der Waals surface area (Å²) in [5, 5.41) is 3.88. The Morgan fingerprint density at radius 3 is 2.57 bits per heavy atom. The third kappa shape index (κ3) is 2.79. The van der Waals surface area contributed by atoms with Crippen LogP contribution < -0.4 is 5.32 Å². The van der Waals surface area contributed by atoms with Crippen LogP contribution in [0.15, 0.2) is 4.99 Å². The van der Waals surface area contributed by atoms with Gasteiger partial charge in [-0.25, -0.2) is 0 Å². The Morgan fingerprint density at radius 2 is 1.96 bits per heavy atom. The lowest BCUT2D eigenvalue weighted by atomic mass is 9.54. The fourth-order valence-corrected chi connectivity index (χ4v) is 5.63. The van der Waals surface area contributed by atoms with E-state index < -0.39 is 0 Å². The number of rotatable bonds is 1. The van der Waals surface area contributed by atoms with Crippen LogP contribution in [0.25, 0.3) is 0 Å². The van der Waals surface area contributed by atoms with Crippen LogP contribution >= 0.6 is 24.0 Å². The van der Waals surface area contributed by atoms with E-state index in [4.69, 9.17) is 4.74 Å². The summed E-state index contributed by atoms with van der Waals surface area (Å²) in [7, 11) is 1.94. The maximum Gasteiger partial charge on any atom is 0.193 e. The smallest absolute Gasteiger partial charge is 0.193 e. The molecule has 4 nitrogen and oxygen atoms in total. The number of aliphatic imine (C=N–C) groups is 1. The zero-order valence-electron chi connectivity index (χ0n) is 14.8. The Hall–Kier alpha value is -0.0400. The molecule has 0 aromatic carbocycles. The molecular formula is C18H32IN3O. The van der Waals surface area contributed by atoms with Gasteiger partial charge in [0.1, 0.15) is 0 Å². The minimum atomic E-state index is 0. The van der Waals surface area contributed by atoms with E-state index >= 15 is 0 Å². The fourth-order valence-electron chi connectivity index (χ4n) is 5.63. The molecule has 3 unspecified atom stereocenters. The molecule has 2 heterocycles. The number of ether oxygens (including phenoxy) is 1. The molecule has 23 heavy (non-hydrogen) atoms. The van der Waals surface area contributed by atoms with Crippen molar-refractivity contribution in [2.24, 2.45) is 21.7 Å². The maximum atomic E-state index is 6.10. The monoisotopic (exact) mass is 433 g/mol. The molecule has 5 heteroatoms. The van der Waals surface area contributed by atoms with Gasteiger partial charge in [-0.15, -0.1) is 24.0 Å². The second-order valence-corrected chi connectivity index (χ2v) is 8.69. The quantitative estimate of drug-likeness (QED) is 0.392. The van der Waals surface area contributed by atoms with Gasteiger partial charge < -0.3 is 15.0 Å². The lowest BCUT2D eigenvalue weighted by molar-refractivity contribution is -0.125. The van der Waals surface area contributed by atoms with Crippen molar-refractivity contribution in [1.82, 2.24) is 10.2 Å². The van der Waals surface area contributed by atoms with Gasteiger partial charge in [0.2, 0.25) is 0 Å². The Kier molecular flexibility index (Phi) is 4.91. The molecule has 0 aromatic heterocycles. The van der Waals surface area contributed by atoms with Gasteiger partial charge >= 0.3 is 0 Å². The molecule has 2 aliphatic heterocycles. The molecular weight excluding hydrogens is 401 g/mol. The highest BCUT2D eigenvalue weighted by Crippen LogP contribution is 2.60. The van der Waals surface area contributed by atoms with Crippen molar-refractivity contribution in [2.45, 2.75) is 64.5 Å². The summed E-state index contributed by atoms with van der Waals surface area (Å²) in [5.74, 6) is 1.85. The van der Waals surface area contributed by atoms with Crippen molar-refractivity contribution in [3.05, 3.63) is 0 Å². The van der Waals surface area contributed by atoms with Gasteiger partial charge in [0, 0.05) is 44.1 Å². The Labute approximate surface area is 157 Å². The van der Waals surface area contributed by atoms with Crippen LogP contribution in [-0.4, -0.2) is 49.7 Å². The average molecular weight is 433 g/mol. The van der Waals surface area contributed by atoms with E-state index in [0.717, 1.165) is 25.7 Å². The first-order valence-electron chi connectivity index (χ1n) is 9.16. The predicted molar refractivity (Wildman–Crippen MR) is 104 cm³/mol. The zero-order valence-corrected chi connectivity index (χ0v) is 17.1. The molecule has 4 rings (SSSR count). The fraction of sp³-hybridized carbons (Fsp3) is 0.944. The molecule has 1 spiro atoms. The van der Waals surface area contributed by atoms with E-state index in [9.17, 15) is 0 Å². The number of guanidine groups is 1. The topological polar surface area (TPSA) is 36.9 Å². The maximum absolute atomic E-state index is 6.10. The van der Waals surface area contributed by atoms with Gasteiger partial charge in [-0.1, -0.05) is 26.7 Å². The molecule has 0 bridgehead atoms. The number of nitrogens with zero attached hydrogens (tertiary/aromatic N) is 2. The third-order valence-corrected chi connectivity index (χ3v) is 6.76. The second kappa shape index (κ2) is 6.36. The second-order valence-electron chi connectivity index (χ2n) is 8.69. The van der Waals surface area contributed by atoms with Crippen molar-refractivity contribution >= 4 is 29.9 Å². The lowest BCUT2D eigenvalue weighted by Gasteiger charge is -2.57. The normalized spacial score (nSPS) is 37.4. The number of likely N-dealkylation sites (tertiary alicyclic amines) is 1. The molecule has 3 atom stereocenters. The number of hydrogen-bond acceptors (Lipinski definition) is 2. The standard InChI is InChI=1S/C18H31N3O.HI/c1-17(2)9-10-21(12-17)16(19-3)20-14-13-6-11-22-15(13)18(14)7-4-5-8-18;/h13-15H,4-12H2,1-3H3,(H,19,20);1H. The van der Waals surface area contributed by atoms with E-state index in [-0.39, 0.29) is 24.0 Å². The van der Waals surface area contributed by atoms with E-state index in [2.05, 4.69) is 29.1 Å². The van der Waals surface area contributed by atoms with Crippen molar-refractivity contribution in [2.75, 3.05) is 26.7 Å². The number of fused-ring (bicyclic) bond motifs is 2. The number of hydrogen-bond donors (Lipinski definition) is 1. The van der Waals surface area contributed by atoms with Gasteiger partial charge in [-0.3, -0.25) is 4.99 Å². The van der Waals surface area contributed by atoms with Crippen molar-refractivity contribution in [3.63, 3.8) is 0 Å². The summed E-state index contributed by atoms with van der Waals surface area (Å²) in [6.07, 6.45) is 8.45. The molecule has 0 radical (unpaired) electrons. The summed E-state index contributed by atoms with van der Waals surface area (Å²) >= 11 is 0. The van der Waals surface area contributed by atoms with Gasteiger partial charge in [0.25, 0.3) is 0 Å². The molecule has 132 valence electrons. The SMILES string of the molecule is CN=C(NC1C2CCOC2C12CCCC2)N1CCC(C)(C)C1.I. The highest BCUT2D eigenvalue weighted by atomic mass is 127. The van der Waals surface area contributed by atoms with Crippen LogP contribution in [0.4, 0.5) is 0 Å². The van der Waals surface area contributed by atoms with Crippen molar-refractivity contribution < 1.29 is 4.74 Å². The molecule has 0 amide bonds. The Balaban J connectivity index is 0.00000156. The Morgan fingerprint density at radius 1 is 1.22 bits per heavy atom. The molecule has 0 aromatic rings. The van der Waals surface area contributed by atoms with Crippen LogP contribution in [0.5, 0.6) is 0 Å².